The van der Waals surface area contributed by atoms with Gasteiger partial charge in [0, 0.05) is 0 Å². The Morgan fingerprint density at radius 2 is 1.14 bits per heavy atom. The molecule has 4 rings (SSSR count). The van der Waals surface area contributed by atoms with E-state index >= 15 is 0 Å². The van der Waals surface area contributed by atoms with Gasteiger partial charge >= 0.3 is 17.9 Å². The van der Waals surface area contributed by atoms with E-state index in [4.69, 9.17) is 18.9 Å². The van der Waals surface area contributed by atoms with Gasteiger partial charge in [0.1, 0.15) is 27.6 Å². The summed E-state index contributed by atoms with van der Waals surface area (Å²) in [7, 11) is 0. The van der Waals surface area contributed by atoms with Crippen LogP contribution in [0.3, 0.4) is 0 Å². The Kier molecular flexibility index (Phi) is 11.0. The maximum atomic E-state index is 13.4. The summed E-state index contributed by atoms with van der Waals surface area (Å²) in [6, 6.07) is 24.9. The zero-order chi connectivity index (χ0) is 31.0. The van der Waals surface area contributed by atoms with E-state index in [0.29, 0.717) is 0 Å². The molecule has 0 aromatic heterocycles. The van der Waals surface area contributed by atoms with Crippen LogP contribution in [0.4, 0.5) is 0 Å². The Balaban J connectivity index is 1.76. The molecule has 11 heteroatoms. The lowest BCUT2D eigenvalue weighted by Crippen LogP contribution is -2.61. The average Bonchev–Trinajstić information content (AvgIpc) is 3.02. The van der Waals surface area contributed by atoms with Gasteiger partial charge in [0.2, 0.25) is 0 Å². The fraction of sp³-hybridized carbons (Fsp3) is 0.312. The van der Waals surface area contributed by atoms with E-state index in [1.165, 1.54) is 18.0 Å². The quantitative estimate of drug-likeness (QED) is 0.135. The fourth-order valence-corrected chi connectivity index (χ4v) is 5.37. The number of hydrogen-bond acceptors (Lipinski definition) is 10. The predicted octanol–water partition coefficient (Wildman–Crippen LogP) is 5.28. The van der Waals surface area contributed by atoms with E-state index in [0.717, 1.165) is 0 Å². The van der Waals surface area contributed by atoms with Gasteiger partial charge in [-0.1, -0.05) is 59.0 Å². The second-order valence-corrected chi connectivity index (χ2v) is 13.4. The summed E-state index contributed by atoms with van der Waals surface area (Å²) in [5.41, 5.74) is -0.102. The van der Waals surface area contributed by atoms with E-state index in [2.05, 4.69) is 4.40 Å². The number of esters is 3. The number of carbonyl (C=O) groups is 3. The second kappa shape index (κ2) is 14.7. The van der Waals surface area contributed by atoms with Crippen LogP contribution in [0.5, 0.6) is 0 Å². The molecule has 226 valence electrons. The summed E-state index contributed by atoms with van der Waals surface area (Å²) in [4.78, 5) is 39.9. The highest BCUT2D eigenvalue weighted by molar-refractivity contribution is 7.99. The van der Waals surface area contributed by atoms with Crippen LogP contribution in [0, 0.1) is 0 Å². The Morgan fingerprint density at radius 1 is 0.744 bits per heavy atom. The average molecular weight is 624 g/mol. The van der Waals surface area contributed by atoms with Crippen molar-refractivity contribution in [2.24, 2.45) is 4.40 Å². The summed E-state index contributed by atoms with van der Waals surface area (Å²) in [6.45, 7) is 5.30. The molecule has 0 amide bonds. The number of thioether (sulfide) groups is 1. The third kappa shape index (κ3) is 8.47. The van der Waals surface area contributed by atoms with Crippen molar-refractivity contribution in [2.75, 3.05) is 6.26 Å². The summed E-state index contributed by atoms with van der Waals surface area (Å²) in [5, 5.41) is 0. The third-order valence-electron chi connectivity index (χ3n) is 6.35. The van der Waals surface area contributed by atoms with Crippen molar-refractivity contribution in [3.8, 4) is 0 Å². The standard InChI is InChI=1S/C32H33NO8S2/c1-32(2,3)43(37)33-20-24-25(39-28(34)21-14-8-5-9-15-21)26(40-29(35)22-16-10-6-11-17-22)27(31(38-24)42-4)41-30(36)23-18-12-7-13-19-23/h5-20,24-27,31H,1-4H3/b33-20+. The maximum absolute atomic E-state index is 13.4. The van der Waals surface area contributed by atoms with E-state index in [-0.39, 0.29) is 16.7 Å². The lowest BCUT2D eigenvalue weighted by molar-refractivity contribution is -0.181. The van der Waals surface area contributed by atoms with Crippen molar-refractivity contribution < 1.29 is 37.9 Å². The molecule has 0 spiro atoms. The smallest absolute Gasteiger partial charge is 0.338 e. The van der Waals surface area contributed by atoms with Crippen LogP contribution < -0.4 is 0 Å². The van der Waals surface area contributed by atoms with Crippen molar-refractivity contribution in [1.29, 1.82) is 0 Å². The van der Waals surface area contributed by atoms with E-state index in [1.54, 1.807) is 118 Å². The Morgan fingerprint density at radius 3 is 1.53 bits per heavy atom. The van der Waals surface area contributed by atoms with Crippen LogP contribution in [-0.2, 0) is 30.3 Å². The highest BCUT2D eigenvalue weighted by Gasteiger charge is 2.52. The fourth-order valence-electron chi connectivity index (χ4n) is 4.11. The Bertz CT molecular complexity index is 1400. The minimum atomic E-state index is -1.66. The highest BCUT2D eigenvalue weighted by Crippen LogP contribution is 2.34. The number of benzene rings is 3. The molecule has 0 N–H and O–H groups in total. The van der Waals surface area contributed by atoms with Crippen LogP contribution in [0.2, 0.25) is 0 Å². The number of carbonyl (C=O) groups excluding carboxylic acids is 3. The molecule has 6 unspecified atom stereocenters. The lowest BCUT2D eigenvalue weighted by atomic mass is 9.99. The molecular weight excluding hydrogens is 590 g/mol. The van der Waals surface area contributed by atoms with Gasteiger partial charge in [-0.05, 0) is 63.4 Å². The monoisotopic (exact) mass is 623 g/mol. The molecule has 1 aliphatic rings. The van der Waals surface area contributed by atoms with Crippen molar-refractivity contribution in [1.82, 2.24) is 0 Å². The largest absolute Gasteiger partial charge is 0.591 e. The van der Waals surface area contributed by atoms with E-state index < -0.39 is 63.9 Å². The molecule has 1 aliphatic heterocycles. The van der Waals surface area contributed by atoms with Crippen molar-refractivity contribution in [3.63, 3.8) is 0 Å². The van der Waals surface area contributed by atoms with E-state index in [9.17, 15) is 18.9 Å². The van der Waals surface area contributed by atoms with Gasteiger partial charge in [0.15, 0.2) is 18.3 Å². The van der Waals surface area contributed by atoms with Crippen molar-refractivity contribution >= 4 is 47.2 Å². The molecule has 0 radical (unpaired) electrons. The molecule has 9 nitrogen and oxygen atoms in total. The molecular formula is C32H33NO8S2. The molecule has 3 aromatic carbocycles. The molecule has 1 saturated heterocycles. The molecule has 1 fully saturated rings. The third-order valence-corrected chi connectivity index (χ3v) is 8.55. The highest BCUT2D eigenvalue weighted by atomic mass is 32.2. The number of nitrogens with zero attached hydrogens (tertiary/aromatic N) is 1. The van der Waals surface area contributed by atoms with Gasteiger partial charge in [-0.2, -0.15) is 0 Å². The molecule has 3 aromatic rings. The summed E-state index contributed by atoms with van der Waals surface area (Å²) in [6.07, 6.45) is -1.90. The SMILES string of the molecule is CSC1OC(/C=N/[S+]([O-])C(C)(C)C)C(OC(=O)c2ccccc2)C(OC(=O)c2ccccc2)C1OC(=O)c1ccccc1. The van der Waals surface area contributed by atoms with Gasteiger partial charge in [-0.3, -0.25) is 0 Å². The van der Waals surface area contributed by atoms with Crippen LogP contribution in [0.1, 0.15) is 51.8 Å². The van der Waals surface area contributed by atoms with E-state index in [1.807, 2.05) is 0 Å². The molecule has 0 bridgehead atoms. The first kappa shape index (κ1) is 32.3. The summed E-state index contributed by atoms with van der Waals surface area (Å²) >= 11 is -0.451. The zero-order valence-corrected chi connectivity index (χ0v) is 25.8. The molecule has 1 heterocycles. The Labute approximate surface area is 258 Å². The molecule has 6 atom stereocenters. The van der Waals surface area contributed by atoms with Gasteiger partial charge in [0.05, 0.1) is 22.9 Å². The van der Waals surface area contributed by atoms with Crippen LogP contribution >= 0.6 is 11.8 Å². The van der Waals surface area contributed by atoms with Gasteiger partial charge in [0.25, 0.3) is 0 Å². The predicted molar refractivity (Wildman–Crippen MR) is 165 cm³/mol. The van der Waals surface area contributed by atoms with Crippen molar-refractivity contribution in [2.45, 2.75) is 55.4 Å². The summed E-state index contributed by atoms with van der Waals surface area (Å²) in [5.74, 6) is -2.12. The molecule has 0 saturated carbocycles. The minimum Gasteiger partial charge on any atom is -0.591 e. The number of hydrogen-bond donors (Lipinski definition) is 0. The normalized spacial score (nSPS) is 22.9. The summed E-state index contributed by atoms with van der Waals surface area (Å²) < 4.78 is 40.4. The lowest BCUT2D eigenvalue weighted by Gasteiger charge is -2.43. The first-order chi connectivity index (χ1) is 20.6. The van der Waals surface area contributed by atoms with Gasteiger partial charge in [-0.15, -0.1) is 11.8 Å². The van der Waals surface area contributed by atoms with Crippen LogP contribution in [0.15, 0.2) is 95.4 Å². The maximum Gasteiger partial charge on any atom is 0.338 e. The molecule has 43 heavy (non-hydrogen) atoms. The first-order valence-corrected chi connectivity index (χ1v) is 15.9. The van der Waals surface area contributed by atoms with Crippen LogP contribution in [-0.4, -0.2) is 69.5 Å². The number of ether oxygens (including phenoxy) is 4. The molecule has 0 aliphatic carbocycles. The van der Waals surface area contributed by atoms with Crippen molar-refractivity contribution in [3.05, 3.63) is 108 Å². The van der Waals surface area contributed by atoms with Crippen LogP contribution in [0.25, 0.3) is 0 Å². The zero-order valence-electron chi connectivity index (χ0n) is 24.2. The Hall–Kier alpha value is -3.64. The van der Waals surface area contributed by atoms with Gasteiger partial charge < -0.3 is 23.5 Å². The minimum absolute atomic E-state index is 0.245. The topological polar surface area (TPSA) is 124 Å². The second-order valence-electron chi connectivity index (χ2n) is 10.5. The van der Waals surface area contributed by atoms with Gasteiger partial charge in [-0.25, -0.2) is 14.4 Å². The number of rotatable bonds is 9. The first-order valence-electron chi connectivity index (χ1n) is 13.5.